The first kappa shape index (κ1) is 23.7. The third-order valence-corrected chi connectivity index (χ3v) is 1.39. The number of aliphatic hydroxyl groups excluding tert-OH is 1. The molecule has 0 aliphatic heterocycles. The van der Waals surface area contributed by atoms with Gasteiger partial charge in [-0.2, -0.15) is 0 Å². The van der Waals surface area contributed by atoms with Crippen molar-refractivity contribution in [2.24, 2.45) is 0 Å². The summed E-state index contributed by atoms with van der Waals surface area (Å²) < 4.78 is 4.46. The monoisotopic (exact) mass is 301 g/mol. The highest BCUT2D eigenvalue weighted by Gasteiger charge is 1.99. The molecule has 120 valence electrons. The average molecular weight is 301 g/mol. The molecule has 0 aliphatic carbocycles. The Balaban J connectivity index is -0.000000240. The van der Waals surface area contributed by atoms with Crippen LogP contribution in [0.1, 0.15) is 20.8 Å². The fourth-order valence-corrected chi connectivity index (χ4v) is 0.262. The SMILES string of the molecule is C=C(C)C(=O)O.C=C(C)C(=O)OCCO.C=C(C)C(=O)[O-]. The molecule has 0 heterocycles. The number of hydrogen-bond donors (Lipinski definition) is 2. The Morgan fingerprint density at radius 2 is 1.33 bits per heavy atom. The fourth-order valence-electron chi connectivity index (χ4n) is 0.262. The normalized spacial score (nSPS) is 8.00. The van der Waals surface area contributed by atoms with Crippen molar-refractivity contribution in [2.75, 3.05) is 13.2 Å². The van der Waals surface area contributed by atoms with Gasteiger partial charge in [0.25, 0.3) is 0 Å². The second kappa shape index (κ2) is 14.0. The zero-order chi connectivity index (χ0) is 17.6. The predicted molar refractivity (Wildman–Crippen MR) is 75.1 cm³/mol. The molecule has 0 spiro atoms. The topological polar surface area (TPSA) is 124 Å². The van der Waals surface area contributed by atoms with Gasteiger partial charge in [0, 0.05) is 11.1 Å². The Morgan fingerprint density at radius 3 is 1.48 bits per heavy atom. The van der Waals surface area contributed by atoms with Crippen LogP contribution in [0.15, 0.2) is 36.5 Å². The van der Waals surface area contributed by atoms with Crippen molar-refractivity contribution in [3.63, 3.8) is 0 Å². The maximum absolute atomic E-state index is 10.5. The number of hydrogen-bond acceptors (Lipinski definition) is 6. The standard InChI is InChI=1S/C6H10O3.2C4H6O2/c1-5(2)6(8)9-4-3-7;2*1-3(2)4(5)6/h7H,1,3-4H2,2H3;2*1H2,2H3,(H,5,6)/p-1. The van der Waals surface area contributed by atoms with Crippen molar-refractivity contribution in [1.82, 2.24) is 0 Å². The predicted octanol–water partition coefficient (Wildman–Crippen LogP) is 0.0575. The Hall–Kier alpha value is -2.41. The maximum atomic E-state index is 10.5. The fraction of sp³-hybridized carbons (Fsp3) is 0.357. The van der Waals surface area contributed by atoms with Crippen LogP contribution in [0.25, 0.3) is 0 Å². The van der Waals surface area contributed by atoms with Gasteiger partial charge in [0.15, 0.2) is 0 Å². The van der Waals surface area contributed by atoms with Gasteiger partial charge >= 0.3 is 11.9 Å². The van der Waals surface area contributed by atoms with Gasteiger partial charge in [0.2, 0.25) is 0 Å². The van der Waals surface area contributed by atoms with Crippen LogP contribution in [0.4, 0.5) is 0 Å². The average Bonchev–Trinajstić information content (AvgIpc) is 2.36. The molecule has 0 aromatic heterocycles. The van der Waals surface area contributed by atoms with Crippen LogP contribution in [-0.2, 0) is 19.1 Å². The second-order valence-corrected chi connectivity index (χ2v) is 3.79. The summed E-state index contributed by atoms with van der Waals surface area (Å²) in [6, 6.07) is 0. The molecule has 0 saturated heterocycles. The maximum Gasteiger partial charge on any atom is 0.333 e. The molecule has 0 fully saturated rings. The van der Waals surface area contributed by atoms with E-state index in [-0.39, 0.29) is 24.4 Å². The van der Waals surface area contributed by atoms with Crippen LogP contribution >= 0.6 is 0 Å². The number of carboxylic acid groups (broad SMARTS) is 2. The molecule has 0 saturated carbocycles. The van der Waals surface area contributed by atoms with E-state index in [4.69, 9.17) is 10.2 Å². The summed E-state index contributed by atoms with van der Waals surface area (Å²) in [5, 5.41) is 25.6. The number of carbonyl (C=O) groups is 3. The lowest BCUT2D eigenvalue weighted by Gasteiger charge is -1.99. The van der Waals surface area contributed by atoms with Crippen molar-refractivity contribution in [2.45, 2.75) is 20.8 Å². The van der Waals surface area contributed by atoms with E-state index in [9.17, 15) is 19.5 Å². The number of ether oxygens (including phenoxy) is 1. The first-order valence-electron chi connectivity index (χ1n) is 5.66. The third-order valence-electron chi connectivity index (χ3n) is 1.39. The molecule has 2 N–H and O–H groups in total. The molecule has 0 unspecified atom stereocenters. The van der Waals surface area contributed by atoms with Crippen LogP contribution in [-0.4, -0.2) is 41.3 Å². The van der Waals surface area contributed by atoms with Crippen molar-refractivity contribution in [1.29, 1.82) is 0 Å². The van der Waals surface area contributed by atoms with Gasteiger partial charge in [0.1, 0.15) is 6.61 Å². The lowest BCUT2D eigenvalue weighted by Crippen LogP contribution is -2.22. The molecule has 0 atom stereocenters. The Kier molecular flexibility index (Phi) is 15.8. The number of aliphatic hydroxyl groups is 1. The summed E-state index contributed by atoms with van der Waals surface area (Å²) in [4.78, 5) is 29.6. The zero-order valence-corrected chi connectivity index (χ0v) is 12.5. The molecule has 0 amide bonds. The summed E-state index contributed by atoms with van der Waals surface area (Å²) in [5.74, 6) is -2.57. The van der Waals surface area contributed by atoms with E-state index in [2.05, 4.69) is 24.5 Å². The van der Waals surface area contributed by atoms with Crippen molar-refractivity contribution in [3.05, 3.63) is 36.5 Å². The molecule has 0 bridgehead atoms. The molecule has 0 rings (SSSR count). The Morgan fingerprint density at radius 1 is 1.00 bits per heavy atom. The summed E-state index contributed by atoms with van der Waals surface area (Å²) in [5.41, 5.74) is 0.591. The summed E-state index contributed by atoms with van der Waals surface area (Å²) >= 11 is 0. The Bertz CT molecular complexity index is 360. The van der Waals surface area contributed by atoms with Crippen molar-refractivity contribution in [3.8, 4) is 0 Å². The molecule has 0 radical (unpaired) electrons. The van der Waals surface area contributed by atoms with Gasteiger partial charge in [-0.1, -0.05) is 19.7 Å². The minimum atomic E-state index is -1.19. The highest BCUT2D eigenvalue weighted by atomic mass is 16.5. The van der Waals surface area contributed by atoms with Gasteiger partial charge in [-0.3, -0.25) is 0 Å². The lowest BCUT2D eigenvalue weighted by atomic mass is 10.4. The van der Waals surface area contributed by atoms with Gasteiger partial charge in [0.05, 0.1) is 12.6 Å². The molecule has 7 heteroatoms. The van der Waals surface area contributed by atoms with Gasteiger partial charge in [-0.25, -0.2) is 9.59 Å². The molecule has 0 aromatic rings. The van der Waals surface area contributed by atoms with E-state index in [1.54, 1.807) is 6.92 Å². The second-order valence-electron chi connectivity index (χ2n) is 3.79. The van der Waals surface area contributed by atoms with E-state index in [0.29, 0.717) is 5.57 Å². The van der Waals surface area contributed by atoms with Crippen molar-refractivity contribution >= 4 is 17.9 Å². The number of rotatable bonds is 5. The largest absolute Gasteiger partial charge is 0.545 e. The quantitative estimate of drug-likeness (QED) is 0.543. The van der Waals surface area contributed by atoms with Crippen LogP contribution in [0.3, 0.4) is 0 Å². The number of carboxylic acids is 2. The highest BCUT2D eigenvalue weighted by Crippen LogP contribution is 1.89. The summed E-state index contributed by atoms with van der Waals surface area (Å²) in [7, 11) is 0. The summed E-state index contributed by atoms with van der Waals surface area (Å²) in [6.45, 7) is 13.9. The molecule has 0 aromatic carbocycles. The van der Waals surface area contributed by atoms with E-state index >= 15 is 0 Å². The van der Waals surface area contributed by atoms with Crippen LogP contribution < -0.4 is 5.11 Å². The van der Waals surface area contributed by atoms with E-state index in [1.165, 1.54) is 13.8 Å². The number of carbonyl (C=O) groups excluding carboxylic acids is 2. The molecule has 21 heavy (non-hydrogen) atoms. The van der Waals surface area contributed by atoms with Gasteiger partial charge in [-0.05, 0) is 26.3 Å². The first-order valence-corrected chi connectivity index (χ1v) is 5.66. The first-order chi connectivity index (χ1) is 9.47. The van der Waals surface area contributed by atoms with Gasteiger partial charge in [-0.15, -0.1) is 0 Å². The van der Waals surface area contributed by atoms with Crippen molar-refractivity contribution < 1.29 is 34.4 Å². The van der Waals surface area contributed by atoms with Crippen LogP contribution in [0.2, 0.25) is 0 Å². The number of aliphatic carboxylic acids is 2. The molecule has 0 aliphatic rings. The van der Waals surface area contributed by atoms with E-state index < -0.39 is 17.9 Å². The summed E-state index contributed by atoms with van der Waals surface area (Å²) in [6.07, 6.45) is 0. The zero-order valence-electron chi connectivity index (χ0n) is 12.5. The lowest BCUT2D eigenvalue weighted by molar-refractivity contribution is -0.299. The molecular formula is C14H21O7-. The smallest absolute Gasteiger partial charge is 0.333 e. The van der Waals surface area contributed by atoms with Crippen LogP contribution in [0.5, 0.6) is 0 Å². The Labute approximate surface area is 123 Å². The molecular weight excluding hydrogens is 280 g/mol. The molecule has 7 nitrogen and oxygen atoms in total. The van der Waals surface area contributed by atoms with Gasteiger partial charge < -0.3 is 24.9 Å². The van der Waals surface area contributed by atoms with E-state index in [0.717, 1.165) is 0 Å². The number of esters is 1. The van der Waals surface area contributed by atoms with E-state index in [1.807, 2.05) is 0 Å². The minimum Gasteiger partial charge on any atom is -0.545 e. The minimum absolute atomic E-state index is 0.0473. The van der Waals surface area contributed by atoms with Crippen LogP contribution in [0, 0.1) is 0 Å². The third kappa shape index (κ3) is 23.1. The highest BCUT2D eigenvalue weighted by molar-refractivity contribution is 5.86.